The highest BCUT2D eigenvalue weighted by Crippen LogP contribution is 2.14. The van der Waals surface area contributed by atoms with Gasteiger partial charge in [0, 0.05) is 44.3 Å². The summed E-state index contributed by atoms with van der Waals surface area (Å²) in [4.78, 5) is 23.4. The third-order valence-corrected chi connectivity index (χ3v) is 2.99. The van der Waals surface area contributed by atoms with Gasteiger partial charge in [-0.05, 0) is 19.4 Å². The van der Waals surface area contributed by atoms with Gasteiger partial charge in [0.1, 0.15) is 5.82 Å². The number of aromatic nitrogens is 3. The Kier molecular flexibility index (Phi) is 4.70. The van der Waals surface area contributed by atoms with Crippen molar-refractivity contribution >= 4 is 11.6 Å². The predicted molar refractivity (Wildman–Crippen MR) is 77.8 cm³/mol. The van der Waals surface area contributed by atoms with E-state index in [1.165, 1.54) is 0 Å². The molecule has 6 nitrogen and oxygen atoms in total. The van der Waals surface area contributed by atoms with Crippen molar-refractivity contribution in [3.63, 3.8) is 0 Å². The summed E-state index contributed by atoms with van der Waals surface area (Å²) in [5, 5.41) is 5.91. The van der Waals surface area contributed by atoms with Gasteiger partial charge in [-0.3, -0.25) is 9.78 Å². The molecule has 0 saturated carbocycles. The van der Waals surface area contributed by atoms with Crippen LogP contribution in [0.1, 0.15) is 28.3 Å². The first-order chi connectivity index (χ1) is 9.70. The molecule has 2 aromatic heterocycles. The van der Waals surface area contributed by atoms with E-state index in [4.69, 9.17) is 0 Å². The highest BCUT2D eigenvalue weighted by Gasteiger charge is 2.10. The number of anilines is 1. The van der Waals surface area contributed by atoms with Crippen molar-refractivity contribution in [2.24, 2.45) is 0 Å². The minimum absolute atomic E-state index is 0.110. The number of aryl methyl sites for hydroxylation is 2. The number of pyridine rings is 1. The third-order valence-electron chi connectivity index (χ3n) is 2.99. The van der Waals surface area contributed by atoms with Gasteiger partial charge >= 0.3 is 0 Å². The number of carbonyl (C=O) groups excluding carboxylic acids is 1. The Morgan fingerprint density at radius 3 is 2.95 bits per heavy atom. The molecule has 2 heterocycles. The van der Waals surface area contributed by atoms with Crippen LogP contribution in [0.4, 0.5) is 5.69 Å². The van der Waals surface area contributed by atoms with Crippen LogP contribution in [0.15, 0.2) is 24.7 Å². The summed E-state index contributed by atoms with van der Waals surface area (Å²) >= 11 is 0. The first kappa shape index (κ1) is 14.0. The zero-order valence-electron chi connectivity index (χ0n) is 11.7. The molecule has 0 radical (unpaired) electrons. The molecule has 0 bridgehead atoms. The second-order valence-electron chi connectivity index (χ2n) is 4.52. The Morgan fingerprint density at radius 1 is 1.40 bits per heavy atom. The first-order valence-corrected chi connectivity index (χ1v) is 6.61. The molecule has 1 amide bonds. The molecule has 0 atom stereocenters. The Hall–Kier alpha value is -2.37. The quantitative estimate of drug-likeness (QED) is 0.697. The van der Waals surface area contributed by atoms with Crippen LogP contribution in [0.2, 0.25) is 0 Å². The van der Waals surface area contributed by atoms with E-state index in [-0.39, 0.29) is 5.91 Å². The lowest BCUT2D eigenvalue weighted by Crippen LogP contribution is -2.26. The van der Waals surface area contributed by atoms with Crippen molar-refractivity contribution in [1.82, 2.24) is 20.3 Å². The average Bonchev–Trinajstić information content (AvgIpc) is 2.96. The molecule has 0 aliphatic rings. The summed E-state index contributed by atoms with van der Waals surface area (Å²) < 4.78 is 0. The number of rotatable bonds is 6. The lowest BCUT2D eigenvalue weighted by molar-refractivity contribution is 0.0953. The lowest BCUT2D eigenvalue weighted by Gasteiger charge is -2.10. The zero-order valence-corrected chi connectivity index (χ0v) is 11.7. The molecule has 3 N–H and O–H groups in total. The Bertz CT molecular complexity index is 565. The number of imidazole rings is 1. The fraction of sp³-hybridized carbons (Fsp3) is 0.357. The van der Waals surface area contributed by atoms with Gasteiger partial charge in [0.2, 0.25) is 0 Å². The number of nitrogens with zero attached hydrogens (tertiary/aromatic N) is 2. The van der Waals surface area contributed by atoms with Crippen LogP contribution < -0.4 is 10.6 Å². The number of amides is 1. The molecule has 0 aromatic carbocycles. The minimum atomic E-state index is -0.110. The molecule has 0 saturated heterocycles. The number of hydrogen-bond acceptors (Lipinski definition) is 4. The lowest BCUT2D eigenvalue weighted by atomic mass is 10.2. The Balaban J connectivity index is 1.85. The van der Waals surface area contributed by atoms with Gasteiger partial charge in [0.25, 0.3) is 5.91 Å². The first-order valence-electron chi connectivity index (χ1n) is 6.61. The monoisotopic (exact) mass is 273 g/mol. The Labute approximate surface area is 118 Å². The summed E-state index contributed by atoms with van der Waals surface area (Å²) in [5.41, 5.74) is 2.24. The van der Waals surface area contributed by atoms with E-state index in [2.05, 4.69) is 25.6 Å². The van der Waals surface area contributed by atoms with E-state index in [1.54, 1.807) is 25.6 Å². The third kappa shape index (κ3) is 3.57. The molecule has 6 heteroatoms. The van der Waals surface area contributed by atoms with E-state index in [0.29, 0.717) is 12.1 Å². The van der Waals surface area contributed by atoms with Gasteiger partial charge in [0.05, 0.1) is 11.3 Å². The van der Waals surface area contributed by atoms with E-state index in [1.807, 2.05) is 13.0 Å². The van der Waals surface area contributed by atoms with Crippen molar-refractivity contribution in [3.8, 4) is 0 Å². The highest BCUT2D eigenvalue weighted by atomic mass is 16.1. The highest BCUT2D eigenvalue weighted by molar-refractivity contribution is 5.99. The minimum Gasteiger partial charge on any atom is -0.387 e. The van der Waals surface area contributed by atoms with Crippen LogP contribution in [0.3, 0.4) is 0 Å². The summed E-state index contributed by atoms with van der Waals surface area (Å²) in [7, 11) is 1.79. The molecular weight excluding hydrogens is 254 g/mol. The number of carbonyl (C=O) groups is 1. The summed E-state index contributed by atoms with van der Waals surface area (Å²) in [6.45, 7) is 2.50. The fourth-order valence-electron chi connectivity index (χ4n) is 1.94. The smallest absolute Gasteiger partial charge is 0.254 e. The normalized spacial score (nSPS) is 10.3. The molecule has 106 valence electrons. The Morgan fingerprint density at radius 2 is 2.25 bits per heavy atom. The van der Waals surface area contributed by atoms with Gasteiger partial charge in [-0.25, -0.2) is 4.98 Å². The van der Waals surface area contributed by atoms with Crippen molar-refractivity contribution < 1.29 is 4.79 Å². The topological polar surface area (TPSA) is 82.7 Å². The van der Waals surface area contributed by atoms with Crippen molar-refractivity contribution in [2.75, 3.05) is 18.9 Å². The van der Waals surface area contributed by atoms with Crippen LogP contribution in [-0.4, -0.2) is 34.5 Å². The summed E-state index contributed by atoms with van der Waals surface area (Å²) in [5.74, 6) is 0.827. The van der Waals surface area contributed by atoms with Gasteiger partial charge in [-0.15, -0.1) is 0 Å². The van der Waals surface area contributed by atoms with E-state index >= 15 is 0 Å². The molecule has 2 rings (SSSR count). The maximum absolute atomic E-state index is 12.1. The number of aromatic amines is 1. The molecule has 0 spiro atoms. The molecule has 20 heavy (non-hydrogen) atoms. The number of H-pyrrole nitrogens is 1. The number of nitrogens with one attached hydrogen (secondary N) is 3. The van der Waals surface area contributed by atoms with Crippen LogP contribution in [0.5, 0.6) is 0 Å². The SMILES string of the molecule is CNc1cc(C)ncc1C(=O)NCCCc1ncc[nH]1. The van der Waals surface area contributed by atoms with Crippen LogP contribution >= 0.6 is 0 Å². The van der Waals surface area contributed by atoms with Gasteiger partial charge in [0.15, 0.2) is 0 Å². The van der Waals surface area contributed by atoms with Gasteiger partial charge < -0.3 is 15.6 Å². The van der Waals surface area contributed by atoms with Gasteiger partial charge in [-0.1, -0.05) is 0 Å². The predicted octanol–water partition coefficient (Wildman–Crippen LogP) is 1.52. The standard InChI is InChI=1S/C14H19N5O/c1-10-8-12(15-2)11(9-19-10)14(20)18-5-3-4-13-16-6-7-17-13/h6-9H,3-5H2,1-2H3,(H,15,19)(H,16,17)(H,18,20). The van der Waals surface area contributed by atoms with Crippen molar-refractivity contribution in [3.05, 3.63) is 41.7 Å². The summed E-state index contributed by atoms with van der Waals surface area (Å²) in [6, 6.07) is 1.86. The second-order valence-corrected chi connectivity index (χ2v) is 4.52. The molecular formula is C14H19N5O. The van der Waals surface area contributed by atoms with Crippen molar-refractivity contribution in [2.45, 2.75) is 19.8 Å². The number of hydrogen-bond donors (Lipinski definition) is 3. The maximum Gasteiger partial charge on any atom is 0.254 e. The maximum atomic E-state index is 12.1. The molecule has 0 aliphatic heterocycles. The molecule has 0 unspecified atom stereocenters. The molecule has 2 aromatic rings. The molecule has 0 fully saturated rings. The van der Waals surface area contributed by atoms with Crippen molar-refractivity contribution in [1.29, 1.82) is 0 Å². The zero-order chi connectivity index (χ0) is 14.4. The summed E-state index contributed by atoms with van der Waals surface area (Å²) in [6.07, 6.45) is 6.78. The van der Waals surface area contributed by atoms with Crippen LogP contribution in [-0.2, 0) is 6.42 Å². The van der Waals surface area contributed by atoms with E-state index in [0.717, 1.165) is 30.0 Å². The van der Waals surface area contributed by atoms with Crippen LogP contribution in [0.25, 0.3) is 0 Å². The second kappa shape index (κ2) is 6.70. The van der Waals surface area contributed by atoms with Crippen LogP contribution in [0, 0.1) is 6.92 Å². The van der Waals surface area contributed by atoms with E-state index < -0.39 is 0 Å². The van der Waals surface area contributed by atoms with Gasteiger partial charge in [-0.2, -0.15) is 0 Å². The fourth-order valence-corrected chi connectivity index (χ4v) is 1.94. The largest absolute Gasteiger partial charge is 0.387 e. The molecule has 0 aliphatic carbocycles. The van der Waals surface area contributed by atoms with E-state index in [9.17, 15) is 4.79 Å². The average molecular weight is 273 g/mol.